The van der Waals surface area contributed by atoms with E-state index in [0.717, 1.165) is 28.9 Å². The fourth-order valence-corrected chi connectivity index (χ4v) is 3.40. The zero-order valence-electron chi connectivity index (χ0n) is 13.2. The molecule has 1 aliphatic carbocycles. The third-order valence-electron chi connectivity index (χ3n) is 4.79. The number of aliphatic hydroxyl groups is 1. The minimum Gasteiger partial charge on any atom is -0.496 e. The van der Waals surface area contributed by atoms with E-state index in [0.29, 0.717) is 6.42 Å². The van der Waals surface area contributed by atoms with Gasteiger partial charge < -0.3 is 9.84 Å². The third-order valence-corrected chi connectivity index (χ3v) is 4.79. The Morgan fingerprint density at radius 1 is 1.05 bits per heavy atom. The maximum absolute atomic E-state index is 11.4. The molecule has 2 heteroatoms. The number of hydrogen-bond acceptors (Lipinski definition) is 2. The molecule has 1 aliphatic rings. The average Bonchev–Trinajstić information content (AvgIpc) is 2.80. The van der Waals surface area contributed by atoms with E-state index in [1.54, 1.807) is 7.11 Å². The van der Waals surface area contributed by atoms with Crippen LogP contribution < -0.4 is 4.74 Å². The molecule has 0 saturated carbocycles. The topological polar surface area (TPSA) is 29.5 Å². The van der Waals surface area contributed by atoms with Gasteiger partial charge in [-0.05, 0) is 55.9 Å². The summed E-state index contributed by atoms with van der Waals surface area (Å²) in [6, 6.07) is 10.4. The van der Waals surface area contributed by atoms with Gasteiger partial charge in [0.1, 0.15) is 11.4 Å². The number of fused-ring (bicyclic) bond motifs is 1. The first-order chi connectivity index (χ1) is 9.97. The molecule has 0 aromatic heterocycles. The molecule has 2 aromatic carbocycles. The van der Waals surface area contributed by atoms with Crippen LogP contribution in [-0.2, 0) is 12.0 Å². The first kappa shape index (κ1) is 14.2. The van der Waals surface area contributed by atoms with E-state index in [-0.39, 0.29) is 0 Å². The van der Waals surface area contributed by atoms with Gasteiger partial charge in [-0.2, -0.15) is 0 Å². The molecule has 1 unspecified atom stereocenters. The first-order valence-electron chi connectivity index (χ1n) is 7.44. The number of ether oxygens (including phenoxy) is 1. The quantitative estimate of drug-likeness (QED) is 0.907. The van der Waals surface area contributed by atoms with E-state index in [2.05, 4.69) is 38.1 Å². The van der Waals surface area contributed by atoms with E-state index in [9.17, 15) is 5.11 Å². The van der Waals surface area contributed by atoms with E-state index in [1.807, 2.05) is 13.0 Å². The van der Waals surface area contributed by atoms with Crippen LogP contribution in [0.25, 0.3) is 0 Å². The van der Waals surface area contributed by atoms with Crippen molar-refractivity contribution in [2.45, 2.75) is 39.2 Å². The van der Waals surface area contributed by atoms with E-state index in [1.165, 1.54) is 16.7 Å². The van der Waals surface area contributed by atoms with Crippen LogP contribution in [0.1, 0.15) is 39.8 Å². The Morgan fingerprint density at radius 3 is 2.52 bits per heavy atom. The van der Waals surface area contributed by atoms with Crippen molar-refractivity contribution in [3.8, 4) is 5.75 Å². The lowest BCUT2D eigenvalue weighted by atomic mass is 9.85. The van der Waals surface area contributed by atoms with Gasteiger partial charge in [0, 0.05) is 5.56 Å². The van der Waals surface area contributed by atoms with Gasteiger partial charge in [-0.3, -0.25) is 0 Å². The fourth-order valence-electron chi connectivity index (χ4n) is 3.40. The second kappa shape index (κ2) is 4.88. The highest BCUT2D eigenvalue weighted by Gasteiger charge is 2.40. The Hall–Kier alpha value is -1.80. The van der Waals surface area contributed by atoms with Crippen LogP contribution in [0.5, 0.6) is 5.75 Å². The summed E-state index contributed by atoms with van der Waals surface area (Å²) in [4.78, 5) is 0. The molecular formula is C19H22O2. The van der Waals surface area contributed by atoms with Crippen molar-refractivity contribution in [1.82, 2.24) is 0 Å². The molecule has 0 amide bonds. The van der Waals surface area contributed by atoms with Gasteiger partial charge in [0.15, 0.2) is 0 Å². The summed E-state index contributed by atoms with van der Waals surface area (Å²) in [5.41, 5.74) is 5.68. The summed E-state index contributed by atoms with van der Waals surface area (Å²) in [7, 11) is 1.68. The Morgan fingerprint density at radius 2 is 1.81 bits per heavy atom. The molecule has 0 radical (unpaired) electrons. The number of benzene rings is 2. The molecule has 2 nitrogen and oxygen atoms in total. The van der Waals surface area contributed by atoms with Crippen LogP contribution in [0.2, 0.25) is 0 Å². The van der Waals surface area contributed by atoms with Crippen molar-refractivity contribution in [1.29, 1.82) is 0 Å². The Balaban J connectivity index is 2.23. The molecule has 0 aliphatic heterocycles. The van der Waals surface area contributed by atoms with Gasteiger partial charge in [0.05, 0.1) is 7.11 Å². The second-order valence-electron chi connectivity index (χ2n) is 6.11. The van der Waals surface area contributed by atoms with Gasteiger partial charge in [0.2, 0.25) is 0 Å². The molecule has 3 rings (SSSR count). The van der Waals surface area contributed by atoms with Gasteiger partial charge in [-0.25, -0.2) is 0 Å². The van der Waals surface area contributed by atoms with Gasteiger partial charge in [0.25, 0.3) is 0 Å². The van der Waals surface area contributed by atoms with E-state index < -0.39 is 5.60 Å². The summed E-state index contributed by atoms with van der Waals surface area (Å²) in [5.74, 6) is 0.812. The van der Waals surface area contributed by atoms with Crippen LogP contribution in [0.4, 0.5) is 0 Å². The molecule has 0 bridgehead atoms. The van der Waals surface area contributed by atoms with Gasteiger partial charge in [-0.1, -0.05) is 35.9 Å². The van der Waals surface area contributed by atoms with Crippen LogP contribution >= 0.6 is 0 Å². The lowest BCUT2D eigenvalue weighted by molar-refractivity contribution is 0.0798. The lowest BCUT2D eigenvalue weighted by Gasteiger charge is -2.28. The maximum atomic E-state index is 11.4. The number of hydrogen-bond donors (Lipinski definition) is 1. The molecule has 1 atom stereocenters. The smallest absolute Gasteiger partial charge is 0.128 e. The van der Waals surface area contributed by atoms with Crippen LogP contribution in [0.15, 0.2) is 30.3 Å². The largest absolute Gasteiger partial charge is 0.496 e. The molecule has 0 heterocycles. The van der Waals surface area contributed by atoms with Crippen molar-refractivity contribution < 1.29 is 9.84 Å². The van der Waals surface area contributed by atoms with Gasteiger partial charge in [-0.15, -0.1) is 0 Å². The first-order valence-corrected chi connectivity index (χ1v) is 7.44. The minimum absolute atomic E-state index is 0.713. The summed E-state index contributed by atoms with van der Waals surface area (Å²) >= 11 is 0. The van der Waals surface area contributed by atoms with Crippen molar-refractivity contribution in [2.75, 3.05) is 7.11 Å². The standard InChI is InChI=1S/C19H22O2/c1-12-5-7-15-9-10-19(20,17(15)11-12)16-8-6-13(2)14(3)18(16)21-4/h5-8,11,20H,9-10H2,1-4H3. The van der Waals surface area contributed by atoms with E-state index >= 15 is 0 Å². The monoisotopic (exact) mass is 282 g/mol. The fraction of sp³-hybridized carbons (Fsp3) is 0.368. The Kier molecular flexibility index (Phi) is 3.29. The molecular weight excluding hydrogens is 260 g/mol. The molecule has 21 heavy (non-hydrogen) atoms. The number of aryl methyl sites for hydroxylation is 3. The second-order valence-corrected chi connectivity index (χ2v) is 6.11. The molecule has 1 N–H and O–H groups in total. The van der Waals surface area contributed by atoms with Crippen molar-refractivity contribution in [2.24, 2.45) is 0 Å². The highest BCUT2D eigenvalue weighted by molar-refractivity contribution is 5.55. The van der Waals surface area contributed by atoms with Crippen LogP contribution in [0, 0.1) is 20.8 Å². The zero-order chi connectivity index (χ0) is 15.2. The lowest BCUT2D eigenvalue weighted by Crippen LogP contribution is -2.25. The maximum Gasteiger partial charge on any atom is 0.128 e. The van der Waals surface area contributed by atoms with Gasteiger partial charge >= 0.3 is 0 Å². The number of rotatable bonds is 2. The normalized spacial score (nSPS) is 20.4. The predicted octanol–water partition coefficient (Wildman–Crippen LogP) is 3.80. The number of methoxy groups -OCH3 is 1. The van der Waals surface area contributed by atoms with Crippen LogP contribution in [-0.4, -0.2) is 12.2 Å². The van der Waals surface area contributed by atoms with Crippen LogP contribution in [0.3, 0.4) is 0 Å². The molecule has 0 saturated heterocycles. The van der Waals surface area contributed by atoms with E-state index in [4.69, 9.17) is 4.74 Å². The highest BCUT2D eigenvalue weighted by atomic mass is 16.5. The summed E-state index contributed by atoms with van der Waals surface area (Å²) < 4.78 is 5.62. The SMILES string of the molecule is COc1c(C2(O)CCc3ccc(C)cc32)ccc(C)c1C. The van der Waals surface area contributed by atoms with Crippen molar-refractivity contribution >= 4 is 0 Å². The molecule has 0 spiro atoms. The minimum atomic E-state index is -0.939. The average molecular weight is 282 g/mol. The molecule has 0 fully saturated rings. The summed E-state index contributed by atoms with van der Waals surface area (Å²) in [6.45, 7) is 6.18. The highest BCUT2D eigenvalue weighted by Crippen LogP contribution is 2.46. The third kappa shape index (κ3) is 2.06. The van der Waals surface area contributed by atoms with Crippen molar-refractivity contribution in [3.05, 3.63) is 63.7 Å². The Labute approximate surface area is 126 Å². The zero-order valence-corrected chi connectivity index (χ0v) is 13.2. The summed E-state index contributed by atoms with van der Waals surface area (Å²) in [5, 5.41) is 11.4. The molecule has 2 aromatic rings. The molecule has 110 valence electrons. The predicted molar refractivity (Wildman–Crippen MR) is 85.0 cm³/mol. The van der Waals surface area contributed by atoms with Crippen molar-refractivity contribution in [3.63, 3.8) is 0 Å². The summed E-state index contributed by atoms with van der Waals surface area (Å²) in [6.07, 6.45) is 1.62. The Bertz CT molecular complexity index is 703.